The molecule has 0 amide bonds. The third kappa shape index (κ3) is 3.71. The van der Waals surface area contributed by atoms with Crippen molar-refractivity contribution >= 4 is 21.6 Å². The highest BCUT2D eigenvalue weighted by Gasteiger charge is 2.08. The van der Waals surface area contributed by atoms with Crippen LogP contribution in [0.15, 0.2) is 40.9 Å². The van der Waals surface area contributed by atoms with Gasteiger partial charge in [0, 0.05) is 13.2 Å². The van der Waals surface area contributed by atoms with Gasteiger partial charge in [0.25, 0.3) is 0 Å². The second-order valence-corrected chi connectivity index (χ2v) is 5.15. The summed E-state index contributed by atoms with van der Waals surface area (Å²) in [5, 5.41) is 0. The van der Waals surface area contributed by atoms with Gasteiger partial charge in [0.15, 0.2) is 5.75 Å². The molecule has 0 aliphatic rings. The van der Waals surface area contributed by atoms with Gasteiger partial charge >= 0.3 is 0 Å². The van der Waals surface area contributed by atoms with Crippen molar-refractivity contribution in [3.8, 4) is 11.5 Å². The van der Waals surface area contributed by atoms with E-state index in [2.05, 4.69) is 15.9 Å². The standard InChI is InChI=1S/C15H15BrFNO2/c1-19-7-6-10-2-4-11(5-3-10)20-15-9-13(17)12(16)8-14(15)18/h2-5,8-9H,6-7,18H2,1H3. The van der Waals surface area contributed by atoms with Crippen molar-refractivity contribution in [1.82, 2.24) is 0 Å². The molecule has 3 nitrogen and oxygen atoms in total. The van der Waals surface area contributed by atoms with Gasteiger partial charge in [-0.05, 0) is 46.1 Å². The molecule has 2 aromatic carbocycles. The molecule has 0 bridgehead atoms. The molecule has 2 N–H and O–H groups in total. The van der Waals surface area contributed by atoms with Gasteiger partial charge in [0.1, 0.15) is 11.6 Å². The first-order valence-electron chi connectivity index (χ1n) is 6.10. The van der Waals surface area contributed by atoms with Crippen molar-refractivity contribution in [2.45, 2.75) is 6.42 Å². The molecule has 0 fully saturated rings. The minimum atomic E-state index is -0.411. The van der Waals surface area contributed by atoms with Gasteiger partial charge in [-0.2, -0.15) is 0 Å². The Hall–Kier alpha value is -1.59. The average Bonchev–Trinajstić information content (AvgIpc) is 2.44. The van der Waals surface area contributed by atoms with Gasteiger partial charge in [0.2, 0.25) is 0 Å². The molecule has 0 heterocycles. The molecule has 2 rings (SSSR count). The Morgan fingerprint density at radius 1 is 1.20 bits per heavy atom. The molecule has 20 heavy (non-hydrogen) atoms. The van der Waals surface area contributed by atoms with E-state index in [0.29, 0.717) is 28.3 Å². The summed E-state index contributed by atoms with van der Waals surface area (Å²) in [5.41, 5.74) is 7.32. The number of anilines is 1. The zero-order valence-corrected chi connectivity index (χ0v) is 12.6. The fourth-order valence-electron chi connectivity index (χ4n) is 1.70. The summed E-state index contributed by atoms with van der Waals surface area (Å²) in [7, 11) is 1.67. The summed E-state index contributed by atoms with van der Waals surface area (Å²) in [4.78, 5) is 0. The number of nitrogen functional groups attached to an aromatic ring is 1. The molecule has 0 aliphatic carbocycles. The van der Waals surface area contributed by atoms with Crippen molar-refractivity contribution in [3.05, 3.63) is 52.3 Å². The van der Waals surface area contributed by atoms with E-state index >= 15 is 0 Å². The van der Waals surface area contributed by atoms with Crippen LogP contribution < -0.4 is 10.5 Å². The molecule has 0 aliphatic heterocycles. The monoisotopic (exact) mass is 339 g/mol. The third-order valence-corrected chi connectivity index (χ3v) is 3.41. The van der Waals surface area contributed by atoms with Gasteiger partial charge in [-0.15, -0.1) is 0 Å². The lowest BCUT2D eigenvalue weighted by molar-refractivity contribution is 0.202. The van der Waals surface area contributed by atoms with Crippen LogP contribution in [0.25, 0.3) is 0 Å². The van der Waals surface area contributed by atoms with Gasteiger partial charge in [-0.1, -0.05) is 12.1 Å². The van der Waals surface area contributed by atoms with E-state index in [1.807, 2.05) is 24.3 Å². The molecule has 106 valence electrons. The Morgan fingerprint density at radius 3 is 2.55 bits per heavy atom. The van der Waals surface area contributed by atoms with Crippen molar-refractivity contribution in [3.63, 3.8) is 0 Å². The maximum atomic E-state index is 13.5. The predicted octanol–water partition coefficient (Wildman–Crippen LogP) is 4.15. The van der Waals surface area contributed by atoms with Crippen LogP contribution in [0.5, 0.6) is 11.5 Å². The first kappa shape index (κ1) is 14.8. The number of ether oxygens (including phenoxy) is 2. The molecule has 0 spiro atoms. The smallest absolute Gasteiger partial charge is 0.153 e. The van der Waals surface area contributed by atoms with Crippen LogP contribution in [0.2, 0.25) is 0 Å². The number of hydrogen-bond acceptors (Lipinski definition) is 3. The molecule has 0 saturated heterocycles. The van der Waals surface area contributed by atoms with Crippen molar-refractivity contribution in [2.75, 3.05) is 19.5 Å². The lowest BCUT2D eigenvalue weighted by Gasteiger charge is -2.10. The Morgan fingerprint density at radius 2 is 1.90 bits per heavy atom. The summed E-state index contributed by atoms with van der Waals surface area (Å²) in [6.45, 7) is 0.672. The van der Waals surface area contributed by atoms with Crippen molar-refractivity contribution in [1.29, 1.82) is 0 Å². The zero-order valence-electron chi connectivity index (χ0n) is 11.0. The largest absolute Gasteiger partial charge is 0.455 e. The van der Waals surface area contributed by atoms with Crippen LogP contribution in [0.3, 0.4) is 0 Å². The number of methoxy groups -OCH3 is 1. The Balaban J connectivity index is 2.12. The van der Waals surface area contributed by atoms with E-state index < -0.39 is 5.82 Å². The summed E-state index contributed by atoms with van der Waals surface area (Å²) in [6, 6.07) is 10.3. The minimum absolute atomic E-state index is 0.301. The predicted molar refractivity (Wildman–Crippen MR) is 80.6 cm³/mol. The number of benzene rings is 2. The fourth-order valence-corrected chi connectivity index (χ4v) is 2.06. The normalized spacial score (nSPS) is 10.6. The van der Waals surface area contributed by atoms with Gasteiger partial charge in [-0.3, -0.25) is 0 Å². The van der Waals surface area contributed by atoms with E-state index in [1.165, 1.54) is 12.1 Å². The maximum Gasteiger partial charge on any atom is 0.153 e. The Kier molecular flexibility index (Phi) is 4.98. The maximum absolute atomic E-state index is 13.5. The Labute approximate surface area is 125 Å². The number of rotatable bonds is 5. The van der Waals surface area contributed by atoms with E-state index in [9.17, 15) is 4.39 Å². The van der Waals surface area contributed by atoms with Crippen molar-refractivity contribution in [2.24, 2.45) is 0 Å². The lowest BCUT2D eigenvalue weighted by Crippen LogP contribution is -1.96. The molecule has 2 aromatic rings. The fraction of sp³-hybridized carbons (Fsp3) is 0.200. The average molecular weight is 340 g/mol. The highest BCUT2D eigenvalue weighted by molar-refractivity contribution is 9.10. The van der Waals surface area contributed by atoms with Crippen LogP contribution >= 0.6 is 15.9 Å². The number of nitrogens with two attached hydrogens (primary N) is 1. The van der Waals surface area contributed by atoms with Gasteiger partial charge in [0.05, 0.1) is 16.8 Å². The SMILES string of the molecule is COCCc1ccc(Oc2cc(F)c(Br)cc2N)cc1. The van der Waals surface area contributed by atoms with Gasteiger partial charge < -0.3 is 15.2 Å². The topological polar surface area (TPSA) is 44.5 Å². The Bertz CT molecular complexity index is 587. The number of hydrogen-bond donors (Lipinski definition) is 1. The molecule has 0 unspecified atom stereocenters. The number of halogens is 2. The second kappa shape index (κ2) is 6.72. The molecule has 5 heteroatoms. The van der Waals surface area contributed by atoms with Crippen LogP contribution in [0.4, 0.5) is 10.1 Å². The highest BCUT2D eigenvalue weighted by atomic mass is 79.9. The molecule has 0 radical (unpaired) electrons. The van der Waals surface area contributed by atoms with Crippen molar-refractivity contribution < 1.29 is 13.9 Å². The van der Waals surface area contributed by atoms with E-state index in [4.69, 9.17) is 15.2 Å². The highest BCUT2D eigenvalue weighted by Crippen LogP contribution is 2.32. The van der Waals surface area contributed by atoms with Crippen LogP contribution in [0, 0.1) is 5.82 Å². The second-order valence-electron chi connectivity index (χ2n) is 4.29. The van der Waals surface area contributed by atoms with Crippen LogP contribution in [0.1, 0.15) is 5.56 Å². The van der Waals surface area contributed by atoms with Crippen LogP contribution in [-0.4, -0.2) is 13.7 Å². The summed E-state index contributed by atoms with van der Waals surface area (Å²) < 4.78 is 24.4. The van der Waals surface area contributed by atoms with Gasteiger partial charge in [-0.25, -0.2) is 4.39 Å². The molecular weight excluding hydrogens is 325 g/mol. The lowest BCUT2D eigenvalue weighted by atomic mass is 10.1. The quantitative estimate of drug-likeness (QED) is 0.832. The van der Waals surface area contributed by atoms with E-state index in [1.54, 1.807) is 7.11 Å². The van der Waals surface area contributed by atoms with E-state index in [-0.39, 0.29) is 0 Å². The molecule has 0 aromatic heterocycles. The zero-order chi connectivity index (χ0) is 14.5. The third-order valence-electron chi connectivity index (χ3n) is 2.80. The first-order valence-corrected chi connectivity index (χ1v) is 6.89. The van der Waals surface area contributed by atoms with Crippen LogP contribution in [-0.2, 0) is 11.2 Å². The summed E-state index contributed by atoms with van der Waals surface area (Å²) >= 11 is 3.08. The summed E-state index contributed by atoms with van der Waals surface area (Å²) in [6.07, 6.45) is 0.839. The van der Waals surface area contributed by atoms with E-state index in [0.717, 1.165) is 12.0 Å². The minimum Gasteiger partial charge on any atom is -0.455 e. The molecule has 0 saturated carbocycles. The molecule has 0 atom stereocenters. The first-order chi connectivity index (χ1) is 9.60. The summed E-state index contributed by atoms with van der Waals surface area (Å²) in [5.74, 6) is 0.501. The molecular formula is C15H15BrFNO2.